The largest absolute Gasteiger partial charge is 0.248 e. The Morgan fingerprint density at radius 2 is 1.22 bits per heavy atom. The Labute approximate surface area is 134 Å². The smallest absolute Gasteiger partial charge is 0.123 e. The molecule has 4 rings (SSSR count). The first kappa shape index (κ1) is 13.6. The predicted molar refractivity (Wildman–Crippen MR) is 92.6 cm³/mol. The van der Waals surface area contributed by atoms with Crippen molar-refractivity contribution in [1.82, 2.24) is 4.98 Å². The first-order valence-electron chi connectivity index (χ1n) is 7.52. The number of pyridine rings is 1. The molecule has 0 bridgehead atoms. The zero-order valence-electron chi connectivity index (χ0n) is 12.4. The van der Waals surface area contributed by atoms with E-state index >= 15 is 0 Å². The minimum absolute atomic E-state index is 0.237. The zero-order chi connectivity index (χ0) is 15.6. The van der Waals surface area contributed by atoms with Crippen molar-refractivity contribution in [2.24, 2.45) is 0 Å². The van der Waals surface area contributed by atoms with Crippen LogP contribution in [0.5, 0.6) is 0 Å². The molecule has 0 unspecified atom stereocenters. The van der Waals surface area contributed by atoms with Crippen LogP contribution in [0.15, 0.2) is 84.9 Å². The summed E-state index contributed by atoms with van der Waals surface area (Å²) in [5, 5.41) is 2.41. The fourth-order valence-electron chi connectivity index (χ4n) is 2.73. The van der Waals surface area contributed by atoms with Gasteiger partial charge in [0.05, 0.1) is 11.4 Å². The van der Waals surface area contributed by atoms with E-state index in [0.29, 0.717) is 0 Å². The van der Waals surface area contributed by atoms with Crippen LogP contribution in [0.4, 0.5) is 4.39 Å². The van der Waals surface area contributed by atoms with E-state index in [-0.39, 0.29) is 5.82 Å². The average Bonchev–Trinajstić information content (AvgIpc) is 2.62. The van der Waals surface area contributed by atoms with Gasteiger partial charge in [-0.3, -0.25) is 0 Å². The summed E-state index contributed by atoms with van der Waals surface area (Å²) < 4.78 is 13.1. The highest BCUT2D eigenvalue weighted by atomic mass is 19.1. The molecule has 1 aromatic heterocycles. The molecule has 23 heavy (non-hydrogen) atoms. The van der Waals surface area contributed by atoms with Crippen LogP contribution in [0, 0.1) is 5.82 Å². The summed E-state index contributed by atoms with van der Waals surface area (Å²) in [6.07, 6.45) is 0. The molecule has 0 aliphatic rings. The molecule has 0 atom stereocenters. The van der Waals surface area contributed by atoms with Crippen LogP contribution >= 0.6 is 0 Å². The Morgan fingerprint density at radius 3 is 2.00 bits per heavy atom. The normalized spacial score (nSPS) is 10.8. The van der Waals surface area contributed by atoms with Gasteiger partial charge in [-0.15, -0.1) is 0 Å². The van der Waals surface area contributed by atoms with E-state index in [9.17, 15) is 4.39 Å². The quantitative estimate of drug-likeness (QED) is 0.462. The van der Waals surface area contributed by atoms with Crippen molar-refractivity contribution in [1.29, 1.82) is 0 Å². The molecule has 3 aromatic carbocycles. The number of fused-ring (bicyclic) bond motifs is 1. The Balaban J connectivity index is 1.79. The van der Waals surface area contributed by atoms with Crippen molar-refractivity contribution in [2.75, 3.05) is 0 Å². The number of benzene rings is 3. The Kier molecular flexibility index (Phi) is 3.35. The van der Waals surface area contributed by atoms with Gasteiger partial charge in [0.1, 0.15) is 5.82 Å². The van der Waals surface area contributed by atoms with Gasteiger partial charge >= 0.3 is 0 Å². The van der Waals surface area contributed by atoms with Gasteiger partial charge in [0.2, 0.25) is 0 Å². The lowest BCUT2D eigenvalue weighted by Crippen LogP contribution is -1.88. The van der Waals surface area contributed by atoms with Crippen LogP contribution in [0.3, 0.4) is 0 Å². The van der Waals surface area contributed by atoms with Crippen molar-refractivity contribution in [3.05, 3.63) is 90.7 Å². The molecule has 0 saturated carbocycles. The van der Waals surface area contributed by atoms with E-state index in [1.54, 1.807) is 12.1 Å². The SMILES string of the molecule is Fc1ccc(-c2cccc(-c3ccc4ccccc4c3)n2)cc1. The third-order valence-corrected chi connectivity index (χ3v) is 3.93. The van der Waals surface area contributed by atoms with Gasteiger partial charge in [0.15, 0.2) is 0 Å². The van der Waals surface area contributed by atoms with Gasteiger partial charge in [-0.1, -0.05) is 42.5 Å². The standard InChI is InChI=1S/C21H14FN/c22-19-12-10-16(11-13-19)20-6-3-7-21(23-20)18-9-8-15-4-1-2-5-17(15)14-18/h1-14H. The molecular formula is C21H14FN. The van der Waals surface area contributed by atoms with Gasteiger partial charge < -0.3 is 0 Å². The van der Waals surface area contributed by atoms with Gasteiger partial charge in [0, 0.05) is 11.1 Å². The molecule has 0 spiro atoms. The number of aromatic nitrogens is 1. The second kappa shape index (κ2) is 5.65. The Hall–Kier alpha value is -3.00. The molecule has 0 aliphatic heterocycles. The fourth-order valence-corrected chi connectivity index (χ4v) is 2.73. The van der Waals surface area contributed by atoms with E-state index in [2.05, 4.69) is 30.3 Å². The molecule has 0 saturated heterocycles. The maximum atomic E-state index is 13.1. The van der Waals surface area contributed by atoms with Gasteiger partial charge in [-0.05, 0) is 53.2 Å². The van der Waals surface area contributed by atoms with Gasteiger partial charge in [-0.2, -0.15) is 0 Å². The summed E-state index contributed by atoms with van der Waals surface area (Å²) >= 11 is 0. The Bertz CT molecular complexity index is 974. The third kappa shape index (κ3) is 2.71. The third-order valence-electron chi connectivity index (χ3n) is 3.93. The van der Waals surface area contributed by atoms with Gasteiger partial charge in [-0.25, -0.2) is 9.37 Å². The van der Waals surface area contributed by atoms with Crippen molar-refractivity contribution in [3.63, 3.8) is 0 Å². The Morgan fingerprint density at radius 1 is 0.565 bits per heavy atom. The molecule has 0 radical (unpaired) electrons. The molecule has 0 aliphatic carbocycles. The number of halogens is 1. The molecule has 0 fully saturated rings. The summed E-state index contributed by atoms with van der Waals surface area (Å²) in [6.45, 7) is 0. The van der Waals surface area contributed by atoms with E-state index in [4.69, 9.17) is 4.98 Å². The lowest BCUT2D eigenvalue weighted by atomic mass is 10.0. The van der Waals surface area contributed by atoms with Crippen molar-refractivity contribution in [3.8, 4) is 22.5 Å². The molecule has 0 amide bonds. The minimum atomic E-state index is -0.237. The van der Waals surface area contributed by atoms with Crippen LogP contribution < -0.4 is 0 Å². The number of hydrogen-bond acceptors (Lipinski definition) is 1. The highest BCUT2D eigenvalue weighted by Crippen LogP contribution is 2.25. The lowest BCUT2D eigenvalue weighted by Gasteiger charge is -2.06. The van der Waals surface area contributed by atoms with E-state index in [0.717, 1.165) is 22.5 Å². The first-order valence-corrected chi connectivity index (χ1v) is 7.52. The second-order valence-corrected chi connectivity index (χ2v) is 5.48. The van der Waals surface area contributed by atoms with Gasteiger partial charge in [0.25, 0.3) is 0 Å². The van der Waals surface area contributed by atoms with Crippen LogP contribution in [0.1, 0.15) is 0 Å². The second-order valence-electron chi connectivity index (χ2n) is 5.48. The summed E-state index contributed by atoms with van der Waals surface area (Å²) in [5.74, 6) is -0.237. The predicted octanol–water partition coefficient (Wildman–Crippen LogP) is 5.71. The molecule has 2 heteroatoms. The number of rotatable bonds is 2. The van der Waals surface area contributed by atoms with Crippen LogP contribution in [0.25, 0.3) is 33.3 Å². The maximum Gasteiger partial charge on any atom is 0.123 e. The van der Waals surface area contributed by atoms with Crippen molar-refractivity contribution >= 4 is 10.8 Å². The van der Waals surface area contributed by atoms with Crippen LogP contribution in [-0.2, 0) is 0 Å². The highest BCUT2D eigenvalue weighted by Gasteiger charge is 2.04. The maximum absolute atomic E-state index is 13.1. The minimum Gasteiger partial charge on any atom is -0.248 e. The van der Waals surface area contributed by atoms with Crippen LogP contribution in [0.2, 0.25) is 0 Å². The summed E-state index contributed by atoms with van der Waals surface area (Å²) in [7, 11) is 0. The van der Waals surface area contributed by atoms with E-state index < -0.39 is 0 Å². The molecule has 0 N–H and O–H groups in total. The summed E-state index contributed by atoms with van der Waals surface area (Å²) in [4.78, 5) is 4.73. The topological polar surface area (TPSA) is 12.9 Å². The lowest BCUT2D eigenvalue weighted by molar-refractivity contribution is 0.628. The summed E-state index contributed by atoms with van der Waals surface area (Å²) in [5.41, 5.74) is 3.75. The van der Waals surface area contributed by atoms with E-state index in [1.807, 2.05) is 30.3 Å². The zero-order valence-corrected chi connectivity index (χ0v) is 12.4. The van der Waals surface area contributed by atoms with Crippen molar-refractivity contribution < 1.29 is 4.39 Å². The fraction of sp³-hybridized carbons (Fsp3) is 0. The molecular weight excluding hydrogens is 285 g/mol. The number of nitrogens with zero attached hydrogens (tertiary/aromatic N) is 1. The molecule has 110 valence electrons. The molecule has 1 nitrogen and oxygen atoms in total. The molecule has 1 heterocycles. The van der Waals surface area contributed by atoms with Crippen LogP contribution in [-0.4, -0.2) is 4.98 Å². The first-order chi connectivity index (χ1) is 11.3. The van der Waals surface area contributed by atoms with Crippen molar-refractivity contribution in [2.45, 2.75) is 0 Å². The average molecular weight is 299 g/mol. The highest BCUT2D eigenvalue weighted by molar-refractivity contribution is 5.86. The molecule has 4 aromatic rings. The summed E-state index contributed by atoms with van der Waals surface area (Å²) in [6, 6.07) is 26.9. The van der Waals surface area contributed by atoms with E-state index in [1.165, 1.54) is 22.9 Å². The number of hydrogen-bond donors (Lipinski definition) is 0. The monoisotopic (exact) mass is 299 g/mol.